The van der Waals surface area contributed by atoms with E-state index in [0.29, 0.717) is 27.2 Å². The molecule has 0 saturated heterocycles. The molecule has 0 aliphatic rings. The third-order valence-electron chi connectivity index (χ3n) is 4.58. The minimum atomic E-state index is -0.301. The van der Waals surface area contributed by atoms with Gasteiger partial charge in [-0.3, -0.25) is 4.79 Å². The summed E-state index contributed by atoms with van der Waals surface area (Å²) in [6.45, 7) is 0. The highest BCUT2D eigenvalue weighted by Gasteiger charge is 2.16. The molecule has 1 amide bonds. The molecule has 0 aliphatic carbocycles. The number of halogens is 2. The first-order valence-corrected chi connectivity index (χ1v) is 11.6. The Hall–Kier alpha value is -2.88. The van der Waals surface area contributed by atoms with Gasteiger partial charge in [0.05, 0.1) is 36.1 Å². The largest absolute Gasteiger partial charge is 0.495 e. The number of thioether (sulfide) groups is 1. The average Bonchev–Trinajstić information content (AvgIpc) is 3.24. The van der Waals surface area contributed by atoms with E-state index in [1.807, 2.05) is 5.38 Å². The minimum absolute atomic E-state index is 0.110. The number of fused-ring (bicyclic) bond motifs is 1. The van der Waals surface area contributed by atoms with E-state index >= 15 is 0 Å². The number of amides is 1. The summed E-state index contributed by atoms with van der Waals surface area (Å²) in [6.07, 6.45) is 1.47. The van der Waals surface area contributed by atoms with Gasteiger partial charge in [-0.05, 0) is 17.7 Å². The molecule has 2 heterocycles. The maximum absolute atomic E-state index is 13.3. The molecular weight excluding hydrogens is 473 g/mol. The van der Waals surface area contributed by atoms with Gasteiger partial charge in [-0.1, -0.05) is 35.5 Å². The number of methoxy groups -OCH3 is 2. The van der Waals surface area contributed by atoms with Crippen LogP contribution in [-0.2, 0) is 4.79 Å². The molecule has 32 heavy (non-hydrogen) atoms. The van der Waals surface area contributed by atoms with E-state index in [4.69, 9.17) is 21.1 Å². The van der Waals surface area contributed by atoms with Crippen LogP contribution in [0.15, 0.2) is 53.1 Å². The summed E-state index contributed by atoms with van der Waals surface area (Å²) in [5.74, 6) is 0.414. The van der Waals surface area contributed by atoms with Crippen molar-refractivity contribution in [1.29, 1.82) is 0 Å². The molecule has 0 fully saturated rings. The van der Waals surface area contributed by atoms with E-state index in [0.717, 1.165) is 21.3 Å². The fourth-order valence-corrected chi connectivity index (χ4v) is 5.10. The van der Waals surface area contributed by atoms with E-state index in [2.05, 4.69) is 15.3 Å². The highest BCUT2D eigenvalue weighted by molar-refractivity contribution is 8.00. The van der Waals surface area contributed by atoms with Crippen molar-refractivity contribution in [3.8, 4) is 22.6 Å². The molecule has 0 saturated carbocycles. The van der Waals surface area contributed by atoms with Crippen molar-refractivity contribution in [1.82, 2.24) is 9.97 Å². The number of nitrogens with one attached hydrogen (secondary N) is 1. The zero-order valence-corrected chi connectivity index (χ0v) is 19.4. The normalized spacial score (nSPS) is 10.9. The van der Waals surface area contributed by atoms with Gasteiger partial charge >= 0.3 is 0 Å². The van der Waals surface area contributed by atoms with Crippen LogP contribution in [0.5, 0.6) is 11.5 Å². The lowest BCUT2D eigenvalue weighted by Gasteiger charge is -2.13. The predicted molar refractivity (Wildman–Crippen MR) is 127 cm³/mol. The SMILES string of the molecule is COc1cc(NC(=O)CSc2ncnc3scc(-c4ccc(F)cc4)c23)c(OC)cc1Cl. The Balaban J connectivity index is 1.55. The number of thiophene rings is 1. The molecule has 1 N–H and O–H groups in total. The van der Waals surface area contributed by atoms with Gasteiger partial charge in [-0.25, -0.2) is 14.4 Å². The van der Waals surface area contributed by atoms with Crippen molar-refractivity contribution in [2.75, 3.05) is 25.3 Å². The second kappa shape index (κ2) is 9.72. The molecule has 164 valence electrons. The summed E-state index contributed by atoms with van der Waals surface area (Å²) in [5.41, 5.74) is 2.21. The average molecular weight is 490 g/mol. The van der Waals surface area contributed by atoms with Crippen LogP contribution in [-0.4, -0.2) is 35.8 Å². The Bertz CT molecular complexity index is 1280. The van der Waals surface area contributed by atoms with Crippen LogP contribution in [0.25, 0.3) is 21.3 Å². The van der Waals surface area contributed by atoms with Crippen molar-refractivity contribution in [2.45, 2.75) is 5.03 Å². The van der Waals surface area contributed by atoms with Crippen molar-refractivity contribution in [2.24, 2.45) is 0 Å². The number of ether oxygens (including phenoxy) is 2. The minimum Gasteiger partial charge on any atom is -0.495 e. The predicted octanol–water partition coefficient (Wildman–Crippen LogP) is 5.90. The molecule has 6 nitrogen and oxygen atoms in total. The zero-order valence-electron chi connectivity index (χ0n) is 17.0. The molecule has 0 bridgehead atoms. The van der Waals surface area contributed by atoms with Crippen LogP contribution in [0.2, 0.25) is 5.02 Å². The van der Waals surface area contributed by atoms with E-state index in [1.54, 1.807) is 24.3 Å². The third-order valence-corrected chi connectivity index (χ3v) is 6.75. The highest BCUT2D eigenvalue weighted by atomic mass is 35.5. The standard InChI is InChI=1S/C22H17ClFN3O3S2/c1-29-17-8-16(18(30-2)7-15(17)23)27-19(28)10-32-22-20-14(9-31-21(20)25-11-26-22)12-3-5-13(24)6-4-12/h3-9,11H,10H2,1-2H3,(H,27,28). The lowest BCUT2D eigenvalue weighted by Crippen LogP contribution is -2.15. The molecule has 0 radical (unpaired) electrons. The zero-order chi connectivity index (χ0) is 22.7. The van der Waals surface area contributed by atoms with Gasteiger partial charge in [0, 0.05) is 23.1 Å². The summed E-state index contributed by atoms with van der Waals surface area (Å²) in [6, 6.07) is 9.44. The number of anilines is 1. The maximum Gasteiger partial charge on any atom is 0.234 e. The number of benzene rings is 2. The van der Waals surface area contributed by atoms with Gasteiger partial charge < -0.3 is 14.8 Å². The first kappa shape index (κ1) is 22.3. The molecule has 2 aromatic carbocycles. The molecule has 0 aliphatic heterocycles. The monoisotopic (exact) mass is 489 g/mol. The van der Waals surface area contributed by atoms with Crippen LogP contribution in [0, 0.1) is 5.82 Å². The highest BCUT2D eigenvalue weighted by Crippen LogP contribution is 2.39. The molecule has 0 atom stereocenters. The van der Waals surface area contributed by atoms with E-state index in [1.165, 1.54) is 55.8 Å². The van der Waals surface area contributed by atoms with Gasteiger partial charge in [-0.15, -0.1) is 11.3 Å². The van der Waals surface area contributed by atoms with Gasteiger partial charge in [0.15, 0.2) is 0 Å². The van der Waals surface area contributed by atoms with E-state index < -0.39 is 0 Å². The summed E-state index contributed by atoms with van der Waals surface area (Å²) < 4.78 is 23.9. The Morgan fingerprint density at radius 1 is 1.16 bits per heavy atom. The summed E-state index contributed by atoms with van der Waals surface area (Å²) >= 11 is 8.89. The quantitative estimate of drug-likeness (QED) is 0.257. The van der Waals surface area contributed by atoms with Crippen molar-refractivity contribution < 1.29 is 18.7 Å². The Kier molecular flexibility index (Phi) is 6.78. The fourth-order valence-electron chi connectivity index (χ4n) is 3.08. The second-order valence-electron chi connectivity index (χ2n) is 6.54. The molecule has 0 spiro atoms. The van der Waals surface area contributed by atoms with E-state index in [9.17, 15) is 9.18 Å². The lowest BCUT2D eigenvalue weighted by molar-refractivity contribution is -0.113. The number of nitrogens with zero attached hydrogens (tertiary/aromatic N) is 2. The molecule has 0 unspecified atom stereocenters. The van der Waals surface area contributed by atoms with Crippen LogP contribution >= 0.6 is 34.7 Å². The van der Waals surface area contributed by atoms with E-state index in [-0.39, 0.29) is 17.5 Å². The lowest BCUT2D eigenvalue weighted by atomic mass is 10.1. The Labute approximate surface area is 196 Å². The van der Waals surface area contributed by atoms with Gasteiger partial charge in [0.1, 0.15) is 33.5 Å². The van der Waals surface area contributed by atoms with Gasteiger partial charge in [0.2, 0.25) is 5.91 Å². The number of carbonyl (C=O) groups is 1. The smallest absolute Gasteiger partial charge is 0.234 e. The molecular formula is C22H17ClFN3O3S2. The van der Waals surface area contributed by atoms with Crippen molar-refractivity contribution in [3.63, 3.8) is 0 Å². The number of carbonyl (C=O) groups excluding carboxylic acids is 1. The number of rotatable bonds is 7. The first-order chi connectivity index (χ1) is 15.5. The van der Waals surface area contributed by atoms with Crippen LogP contribution in [0.1, 0.15) is 0 Å². The number of hydrogen-bond acceptors (Lipinski definition) is 7. The van der Waals surface area contributed by atoms with Crippen molar-refractivity contribution >= 4 is 56.5 Å². The molecule has 4 aromatic rings. The Morgan fingerprint density at radius 2 is 1.91 bits per heavy atom. The molecule has 4 rings (SSSR count). The number of hydrogen-bond donors (Lipinski definition) is 1. The second-order valence-corrected chi connectivity index (χ2v) is 8.77. The summed E-state index contributed by atoms with van der Waals surface area (Å²) in [5, 5.41) is 6.68. The van der Waals surface area contributed by atoms with Crippen LogP contribution in [0.4, 0.5) is 10.1 Å². The van der Waals surface area contributed by atoms with Gasteiger partial charge in [0.25, 0.3) is 0 Å². The van der Waals surface area contributed by atoms with Gasteiger partial charge in [-0.2, -0.15) is 0 Å². The number of aromatic nitrogens is 2. The fraction of sp³-hybridized carbons (Fsp3) is 0.136. The maximum atomic E-state index is 13.3. The summed E-state index contributed by atoms with van der Waals surface area (Å²) in [7, 11) is 2.99. The molecule has 10 heteroatoms. The first-order valence-electron chi connectivity index (χ1n) is 9.32. The Morgan fingerprint density at radius 3 is 2.62 bits per heavy atom. The van der Waals surface area contributed by atoms with Crippen LogP contribution in [0.3, 0.4) is 0 Å². The van der Waals surface area contributed by atoms with Crippen LogP contribution < -0.4 is 14.8 Å². The topological polar surface area (TPSA) is 73.3 Å². The molecule has 2 aromatic heterocycles. The third kappa shape index (κ3) is 4.64. The van der Waals surface area contributed by atoms with Crippen molar-refractivity contribution in [3.05, 3.63) is 58.9 Å². The summed E-state index contributed by atoms with van der Waals surface area (Å²) in [4.78, 5) is 22.2.